The fourth-order valence-corrected chi connectivity index (χ4v) is 3.36. The molecule has 0 spiro atoms. The summed E-state index contributed by atoms with van der Waals surface area (Å²) in [4.78, 5) is 0.282. The Morgan fingerprint density at radius 2 is 1.80 bits per heavy atom. The summed E-state index contributed by atoms with van der Waals surface area (Å²) in [6.07, 6.45) is 5.34. The lowest BCUT2D eigenvalue weighted by molar-refractivity contribution is 0.159. The smallest absolute Gasteiger partial charge is 0.175 e. The molecule has 2 N–H and O–H groups in total. The molecule has 2 rings (SSSR count). The number of nitrogens with one attached hydrogen (secondary N) is 1. The Morgan fingerprint density at radius 1 is 1.25 bits per heavy atom. The van der Waals surface area contributed by atoms with Crippen molar-refractivity contribution in [3.8, 4) is 0 Å². The van der Waals surface area contributed by atoms with Crippen molar-refractivity contribution in [3.05, 3.63) is 29.8 Å². The Labute approximate surface area is 121 Å². The van der Waals surface area contributed by atoms with Gasteiger partial charge >= 0.3 is 0 Å². The first-order chi connectivity index (χ1) is 9.30. The minimum atomic E-state index is -3.18. The Hall–Kier alpha value is -0.910. The van der Waals surface area contributed by atoms with Crippen LogP contribution in [0.1, 0.15) is 44.3 Å². The molecular formula is C15H23NO3S. The van der Waals surface area contributed by atoms with Crippen LogP contribution in [0, 0.1) is 0 Å². The Bertz CT molecular complexity index is 545. The summed E-state index contributed by atoms with van der Waals surface area (Å²) < 4.78 is 22.8. The van der Waals surface area contributed by atoms with E-state index in [1.54, 1.807) is 24.3 Å². The van der Waals surface area contributed by atoms with Gasteiger partial charge in [0.15, 0.2) is 9.84 Å². The van der Waals surface area contributed by atoms with Gasteiger partial charge in [-0.1, -0.05) is 25.0 Å². The van der Waals surface area contributed by atoms with Gasteiger partial charge in [0.2, 0.25) is 0 Å². The van der Waals surface area contributed by atoms with Gasteiger partial charge in [0, 0.05) is 18.3 Å². The third-order valence-electron chi connectivity index (χ3n) is 4.12. The van der Waals surface area contributed by atoms with Gasteiger partial charge in [0.05, 0.1) is 11.0 Å². The fourth-order valence-electron chi connectivity index (χ4n) is 2.73. The van der Waals surface area contributed by atoms with Crippen LogP contribution in [-0.4, -0.2) is 31.9 Å². The average molecular weight is 297 g/mol. The van der Waals surface area contributed by atoms with E-state index in [4.69, 9.17) is 0 Å². The molecule has 1 unspecified atom stereocenters. The topological polar surface area (TPSA) is 66.4 Å². The first-order valence-corrected chi connectivity index (χ1v) is 8.92. The fraction of sp³-hybridized carbons (Fsp3) is 0.600. The highest BCUT2D eigenvalue weighted by molar-refractivity contribution is 7.90. The molecule has 1 aromatic rings. The van der Waals surface area contributed by atoms with Gasteiger partial charge in [-0.2, -0.15) is 0 Å². The van der Waals surface area contributed by atoms with Gasteiger partial charge in [0.25, 0.3) is 0 Å². The number of rotatable bonds is 5. The van der Waals surface area contributed by atoms with Crippen molar-refractivity contribution in [2.45, 2.75) is 49.1 Å². The summed E-state index contributed by atoms with van der Waals surface area (Å²) in [5.74, 6) is 0. The third kappa shape index (κ3) is 3.81. The van der Waals surface area contributed by atoms with Crippen molar-refractivity contribution < 1.29 is 13.5 Å². The number of aliphatic hydroxyl groups is 1. The molecular weight excluding hydrogens is 274 g/mol. The Kier molecular flexibility index (Phi) is 4.52. The van der Waals surface area contributed by atoms with Gasteiger partial charge in [-0.05, 0) is 37.5 Å². The number of hydrogen-bond donors (Lipinski definition) is 2. The summed E-state index contributed by atoms with van der Waals surface area (Å²) in [6, 6.07) is 6.45. The van der Waals surface area contributed by atoms with Gasteiger partial charge < -0.3 is 10.4 Å². The lowest BCUT2D eigenvalue weighted by Gasteiger charge is -2.27. The van der Waals surface area contributed by atoms with Crippen molar-refractivity contribution >= 4 is 9.84 Å². The molecule has 0 aromatic heterocycles. The zero-order chi connectivity index (χ0) is 14.8. The van der Waals surface area contributed by atoms with E-state index in [2.05, 4.69) is 12.2 Å². The molecule has 112 valence electrons. The molecule has 4 nitrogen and oxygen atoms in total. The Balaban J connectivity index is 1.97. The first kappa shape index (κ1) is 15.5. The standard InChI is InChI=1S/C15H23NO3S/c1-15(9-3-4-10-15)16-11-14(17)12-5-7-13(8-6-12)20(2,18)19/h5-8,14,16-17H,3-4,9-11H2,1-2H3. The zero-order valence-electron chi connectivity index (χ0n) is 12.1. The van der Waals surface area contributed by atoms with Crippen LogP contribution in [0.5, 0.6) is 0 Å². The van der Waals surface area contributed by atoms with Crippen LogP contribution in [0.2, 0.25) is 0 Å². The van der Waals surface area contributed by atoms with Crippen LogP contribution in [0.25, 0.3) is 0 Å². The minimum absolute atomic E-state index is 0.133. The number of hydrogen-bond acceptors (Lipinski definition) is 4. The summed E-state index contributed by atoms with van der Waals surface area (Å²) in [6.45, 7) is 2.69. The second-order valence-corrected chi connectivity index (χ2v) is 8.02. The van der Waals surface area contributed by atoms with E-state index in [1.165, 1.54) is 19.1 Å². The molecule has 1 atom stereocenters. The van der Waals surface area contributed by atoms with E-state index in [1.807, 2.05) is 0 Å². The molecule has 1 aromatic carbocycles. The average Bonchev–Trinajstić information content (AvgIpc) is 2.83. The normalized spacial score (nSPS) is 19.9. The minimum Gasteiger partial charge on any atom is -0.387 e. The van der Waals surface area contributed by atoms with Gasteiger partial charge in [-0.15, -0.1) is 0 Å². The van der Waals surface area contributed by atoms with Crippen molar-refractivity contribution in [1.82, 2.24) is 5.32 Å². The lowest BCUT2D eigenvalue weighted by atomic mass is 10.00. The molecule has 0 saturated heterocycles. The van der Waals surface area contributed by atoms with Crippen LogP contribution in [0.3, 0.4) is 0 Å². The van der Waals surface area contributed by atoms with E-state index in [0.717, 1.165) is 18.4 Å². The molecule has 0 amide bonds. The highest BCUT2D eigenvalue weighted by atomic mass is 32.2. The van der Waals surface area contributed by atoms with Gasteiger partial charge in [-0.25, -0.2) is 8.42 Å². The third-order valence-corrected chi connectivity index (χ3v) is 5.25. The second kappa shape index (κ2) is 5.84. The largest absolute Gasteiger partial charge is 0.387 e. The molecule has 1 saturated carbocycles. The predicted molar refractivity (Wildman–Crippen MR) is 79.4 cm³/mol. The van der Waals surface area contributed by atoms with Crippen molar-refractivity contribution in [2.24, 2.45) is 0 Å². The molecule has 1 aliphatic rings. The molecule has 0 radical (unpaired) electrons. The van der Waals surface area contributed by atoms with E-state index in [-0.39, 0.29) is 10.4 Å². The van der Waals surface area contributed by atoms with Crippen molar-refractivity contribution in [1.29, 1.82) is 0 Å². The zero-order valence-corrected chi connectivity index (χ0v) is 12.9. The molecule has 0 bridgehead atoms. The molecule has 0 aliphatic heterocycles. The van der Waals surface area contributed by atoms with Crippen molar-refractivity contribution in [2.75, 3.05) is 12.8 Å². The number of sulfone groups is 1. The number of β-amino-alcohol motifs (C(OH)–C–C–N with tert-alkyl or cyclic N) is 1. The first-order valence-electron chi connectivity index (χ1n) is 7.03. The van der Waals surface area contributed by atoms with E-state index in [9.17, 15) is 13.5 Å². The van der Waals surface area contributed by atoms with E-state index >= 15 is 0 Å². The van der Waals surface area contributed by atoms with Crippen molar-refractivity contribution in [3.63, 3.8) is 0 Å². The second-order valence-electron chi connectivity index (χ2n) is 6.01. The maximum absolute atomic E-state index is 11.4. The SMILES string of the molecule is CC1(NCC(O)c2ccc(S(C)(=O)=O)cc2)CCCC1. The highest BCUT2D eigenvalue weighted by Gasteiger charge is 2.28. The van der Waals surface area contributed by atoms with Crippen LogP contribution in [0.15, 0.2) is 29.2 Å². The maximum atomic E-state index is 11.4. The number of benzene rings is 1. The van der Waals surface area contributed by atoms with Gasteiger partial charge in [-0.3, -0.25) is 0 Å². The monoisotopic (exact) mass is 297 g/mol. The van der Waals surface area contributed by atoms with E-state index in [0.29, 0.717) is 6.54 Å². The lowest BCUT2D eigenvalue weighted by Crippen LogP contribution is -2.41. The Morgan fingerprint density at radius 3 is 2.30 bits per heavy atom. The van der Waals surface area contributed by atoms with Gasteiger partial charge in [0.1, 0.15) is 0 Å². The summed E-state index contributed by atoms with van der Waals surface area (Å²) >= 11 is 0. The van der Waals surface area contributed by atoms with Crippen LogP contribution >= 0.6 is 0 Å². The van der Waals surface area contributed by atoms with Crippen LogP contribution in [0.4, 0.5) is 0 Å². The molecule has 1 fully saturated rings. The predicted octanol–water partition coefficient (Wildman–Crippen LogP) is 2.05. The van der Waals surface area contributed by atoms with E-state index < -0.39 is 15.9 Å². The molecule has 0 heterocycles. The molecule has 1 aliphatic carbocycles. The summed E-state index contributed by atoms with van der Waals surface area (Å²) in [7, 11) is -3.18. The molecule has 5 heteroatoms. The number of aliphatic hydroxyl groups excluding tert-OH is 1. The quantitative estimate of drug-likeness (QED) is 0.873. The summed E-state index contributed by atoms with van der Waals surface area (Å²) in [5.41, 5.74) is 0.875. The highest BCUT2D eigenvalue weighted by Crippen LogP contribution is 2.29. The van der Waals surface area contributed by atoms with Crippen LogP contribution in [-0.2, 0) is 9.84 Å². The summed E-state index contributed by atoms with van der Waals surface area (Å²) in [5, 5.41) is 13.6. The van der Waals surface area contributed by atoms with Crippen LogP contribution < -0.4 is 5.32 Å². The molecule has 20 heavy (non-hydrogen) atoms. The maximum Gasteiger partial charge on any atom is 0.175 e.